The molecule has 0 aliphatic carbocycles. The van der Waals surface area contributed by atoms with Gasteiger partial charge in [0.25, 0.3) is 5.56 Å². The van der Waals surface area contributed by atoms with E-state index in [-0.39, 0.29) is 47.5 Å². The predicted octanol–water partition coefficient (Wildman–Crippen LogP) is 2.69. The van der Waals surface area contributed by atoms with Crippen molar-refractivity contribution in [3.63, 3.8) is 0 Å². The fourth-order valence-corrected chi connectivity index (χ4v) is 3.13. The molecular formula is C21H23N3O5. The summed E-state index contributed by atoms with van der Waals surface area (Å²) >= 11 is 0. The fraction of sp³-hybridized carbons (Fsp3) is 0.333. The Kier molecular flexibility index (Phi) is 5.81. The van der Waals surface area contributed by atoms with Gasteiger partial charge < -0.3 is 14.1 Å². The number of ether oxygens (including phenoxy) is 1. The van der Waals surface area contributed by atoms with E-state index < -0.39 is 11.5 Å². The normalized spacial score (nSPS) is 12.0. The molecule has 3 aromatic rings. The largest absolute Gasteiger partial charge is 0.462 e. The zero-order chi connectivity index (χ0) is 21.1. The number of nitrogens with zero attached hydrogens (tertiary/aromatic N) is 3. The van der Waals surface area contributed by atoms with E-state index in [1.165, 1.54) is 10.9 Å². The Bertz CT molecular complexity index is 1100. The van der Waals surface area contributed by atoms with Crippen LogP contribution in [0.25, 0.3) is 11.1 Å². The Balaban J connectivity index is 1.91. The highest BCUT2D eigenvalue weighted by Gasteiger charge is 2.25. The third-order valence-corrected chi connectivity index (χ3v) is 4.90. The molecule has 1 aromatic carbocycles. The minimum Gasteiger partial charge on any atom is -0.462 e. The Morgan fingerprint density at radius 3 is 2.62 bits per heavy atom. The highest BCUT2D eigenvalue weighted by Crippen LogP contribution is 2.22. The minimum atomic E-state index is -0.651. The lowest BCUT2D eigenvalue weighted by Gasteiger charge is -2.25. The summed E-state index contributed by atoms with van der Waals surface area (Å²) in [6, 6.07) is 9.44. The molecule has 0 saturated carbocycles. The maximum atomic E-state index is 13.0. The van der Waals surface area contributed by atoms with Crippen LogP contribution < -0.4 is 5.56 Å². The number of carbonyl (C=O) groups is 2. The van der Waals surface area contributed by atoms with Crippen molar-refractivity contribution in [2.45, 2.75) is 33.4 Å². The second kappa shape index (κ2) is 8.30. The molecule has 0 aliphatic heterocycles. The van der Waals surface area contributed by atoms with Crippen LogP contribution in [0.1, 0.15) is 41.6 Å². The van der Waals surface area contributed by atoms with Crippen molar-refractivity contribution < 1.29 is 18.7 Å². The van der Waals surface area contributed by atoms with E-state index in [0.29, 0.717) is 0 Å². The van der Waals surface area contributed by atoms with Crippen LogP contribution in [0.3, 0.4) is 0 Å². The summed E-state index contributed by atoms with van der Waals surface area (Å²) in [7, 11) is 1.68. The molecule has 8 heteroatoms. The molecule has 2 heterocycles. The van der Waals surface area contributed by atoms with Gasteiger partial charge in [0.2, 0.25) is 11.6 Å². The van der Waals surface area contributed by atoms with E-state index in [0.717, 1.165) is 5.56 Å². The van der Waals surface area contributed by atoms with Gasteiger partial charge in [-0.3, -0.25) is 14.2 Å². The Morgan fingerprint density at radius 1 is 1.28 bits per heavy atom. The third-order valence-electron chi connectivity index (χ3n) is 4.90. The first-order chi connectivity index (χ1) is 13.8. The number of fused-ring (bicyclic) bond motifs is 1. The lowest BCUT2D eigenvalue weighted by Crippen LogP contribution is -2.35. The fourth-order valence-electron chi connectivity index (χ4n) is 3.13. The molecule has 0 radical (unpaired) electrons. The summed E-state index contributed by atoms with van der Waals surface area (Å²) in [6.45, 7) is 5.12. The van der Waals surface area contributed by atoms with Gasteiger partial charge in [0, 0.05) is 7.05 Å². The van der Waals surface area contributed by atoms with Crippen LogP contribution in [-0.2, 0) is 16.1 Å². The molecular weight excluding hydrogens is 374 g/mol. The number of amides is 1. The molecule has 0 bridgehead atoms. The Morgan fingerprint density at radius 2 is 1.97 bits per heavy atom. The number of likely N-dealkylation sites (N-methyl/N-ethyl adjacent to an activating group) is 1. The average molecular weight is 397 g/mol. The number of rotatable bonds is 6. The average Bonchev–Trinajstić information content (AvgIpc) is 3.06. The highest BCUT2D eigenvalue weighted by atomic mass is 16.5. The number of benzene rings is 1. The molecule has 1 atom stereocenters. The SMILES string of the molecule is CCOC(=O)c1c(C)oc2ncn(CC(=O)N(C)C(C)c3ccccc3)c(=O)c12. The van der Waals surface area contributed by atoms with E-state index in [2.05, 4.69) is 4.98 Å². The molecule has 29 heavy (non-hydrogen) atoms. The topological polar surface area (TPSA) is 94.6 Å². The van der Waals surface area contributed by atoms with Crippen molar-refractivity contribution in [2.24, 2.45) is 0 Å². The molecule has 0 aliphatic rings. The number of carbonyl (C=O) groups excluding carboxylic acids is 2. The molecule has 0 saturated heterocycles. The molecule has 0 spiro atoms. The molecule has 0 N–H and O–H groups in total. The third kappa shape index (κ3) is 3.91. The van der Waals surface area contributed by atoms with Gasteiger partial charge in [-0.1, -0.05) is 30.3 Å². The standard InChI is InChI=1S/C21H23N3O5/c1-5-28-21(27)17-14(3)29-19-18(17)20(26)24(12-22-19)11-16(25)23(4)13(2)15-9-7-6-8-10-15/h6-10,12-13H,5,11H2,1-4H3. The maximum Gasteiger partial charge on any atom is 0.342 e. The van der Waals surface area contributed by atoms with E-state index in [1.807, 2.05) is 37.3 Å². The molecule has 1 unspecified atom stereocenters. The second-order valence-electron chi connectivity index (χ2n) is 6.70. The Labute approximate surface area is 167 Å². The predicted molar refractivity (Wildman–Crippen MR) is 107 cm³/mol. The summed E-state index contributed by atoms with van der Waals surface area (Å²) < 4.78 is 11.6. The van der Waals surface area contributed by atoms with Crippen LogP contribution in [0.4, 0.5) is 0 Å². The quantitative estimate of drug-likeness (QED) is 0.594. The smallest absolute Gasteiger partial charge is 0.342 e. The number of hydrogen-bond acceptors (Lipinski definition) is 6. The van der Waals surface area contributed by atoms with Crippen molar-refractivity contribution in [3.8, 4) is 0 Å². The van der Waals surface area contributed by atoms with Gasteiger partial charge in [-0.2, -0.15) is 0 Å². The van der Waals surface area contributed by atoms with Crippen molar-refractivity contribution in [2.75, 3.05) is 13.7 Å². The van der Waals surface area contributed by atoms with Crippen LogP contribution in [0.15, 0.2) is 45.9 Å². The lowest BCUT2D eigenvalue weighted by molar-refractivity contribution is -0.132. The number of aromatic nitrogens is 2. The highest BCUT2D eigenvalue weighted by molar-refractivity contribution is 6.03. The molecule has 8 nitrogen and oxygen atoms in total. The van der Waals surface area contributed by atoms with Crippen LogP contribution in [0.5, 0.6) is 0 Å². The zero-order valence-electron chi connectivity index (χ0n) is 16.8. The summed E-state index contributed by atoms with van der Waals surface area (Å²) in [6.07, 6.45) is 1.25. The zero-order valence-corrected chi connectivity index (χ0v) is 16.8. The van der Waals surface area contributed by atoms with E-state index in [1.54, 1.807) is 25.8 Å². The molecule has 2 aromatic heterocycles. The molecule has 0 fully saturated rings. The first-order valence-corrected chi connectivity index (χ1v) is 9.31. The van der Waals surface area contributed by atoms with Gasteiger partial charge in [-0.05, 0) is 26.3 Å². The number of furan rings is 1. The number of aryl methyl sites for hydroxylation is 1. The number of esters is 1. The van der Waals surface area contributed by atoms with Gasteiger partial charge in [0.05, 0.1) is 12.6 Å². The number of hydrogen-bond donors (Lipinski definition) is 0. The maximum absolute atomic E-state index is 13.0. The summed E-state index contributed by atoms with van der Waals surface area (Å²) in [5.74, 6) is -0.661. The van der Waals surface area contributed by atoms with Crippen molar-refractivity contribution in [3.05, 3.63) is 63.9 Å². The summed E-state index contributed by atoms with van der Waals surface area (Å²) in [4.78, 5) is 43.6. The summed E-state index contributed by atoms with van der Waals surface area (Å²) in [5, 5.41) is 0.0232. The van der Waals surface area contributed by atoms with E-state index in [9.17, 15) is 14.4 Å². The van der Waals surface area contributed by atoms with Crippen molar-refractivity contribution in [1.29, 1.82) is 0 Å². The van der Waals surface area contributed by atoms with Gasteiger partial charge in [0.15, 0.2) is 0 Å². The second-order valence-corrected chi connectivity index (χ2v) is 6.70. The monoisotopic (exact) mass is 397 g/mol. The first kappa shape index (κ1) is 20.3. The van der Waals surface area contributed by atoms with E-state index in [4.69, 9.17) is 9.15 Å². The molecule has 3 rings (SSSR count). The minimum absolute atomic E-state index is 0.0232. The van der Waals surface area contributed by atoms with Crippen LogP contribution >= 0.6 is 0 Å². The van der Waals surface area contributed by atoms with Gasteiger partial charge in [-0.25, -0.2) is 9.78 Å². The van der Waals surface area contributed by atoms with Gasteiger partial charge >= 0.3 is 5.97 Å². The van der Waals surface area contributed by atoms with Crippen LogP contribution in [0, 0.1) is 6.92 Å². The van der Waals surface area contributed by atoms with Crippen LogP contribution in [-0.4, -0.2) is 40.0 Å². The van der Waals surface area contributed by atoms with Crippen molar-refractivity contribution in [1.82, 2.24) is 14.5 Å². The summed E-state index contributed by atoms with van der Waals surface area (Å²) in [5.41, 5.74) is 0.556. The Hall–Kier alpha value is -3.42. The van der Waals surface area contributed by atoms with Crippen molar-refractivity contribution >= 4 is 23.0 Å². The lowest BCUT2D eigenvalue weighted by atomic mass is 10.1. The molecule has 1 amide bonds. The van der Waals surface area contributed by atoms with Gasteiger partial charge in [-0.15, -0.1) is 0 Å². The first-order valence-electron chi connectivity index (χ1n) is 9.31. The van der Waals surface area contributed by atoms with Crippen LogP contribution in [0.2, 0.25) is 0 Å². The molecule has 152 valence electrons. The van der Waals surface area contributed by atoms with E-state index >= 15 is 0 Å². The van der Waals surface area contributed by atoms with Gasteiger partial charge in [0.1, 0.15) is 29.6 Å².